The van der Waals surface area contributed by atoms with Gasteiger partial charge in [-0.05, 0) is 26.1 Å². The molecule has 3 nitrogen and oxygen atoms in total. The Balaban J connectivity index is 2.31. The Morgan fingerprint density at radius 3 is 2.59 bits per heavy atom. The number of halogens is 2. The van der Waals surface area contributed by atoms with Crippen molar-refractivity contribution in [3.8, 4) is 0 Å². The summed E-state index contributed by atoms with van der Waals surface area (Å²) >= 11 is 0. The van der Waals surface area contributed by atoms with E-state index in [9.17, 15) is 8.78 Å². The molecule has 0 atom stereocenters. The molecule has 0 aliphatic heterocycles. The van der Waals surface area contributed by atoms with Gasteiger partial charge in [-0.15, -0.1) is 0 Å². The van der Waals surface area contributed by atoms with Crippen LogP contribution in [0.15, 0.2) is 12.3 Å². The minimum Gasteiger partial charge on any atom is -0.368 e. The fourth-order valence-electron chi connectivity index (χ4n) is 1.59. The summed E-state index contributed by atoms with van der Waals surface area (Å²) in [5.41, 5.74) is 0. The molecule has 17 heavy (non-hydrogen) atoms. The summed E-state index contributed by atoms with van der Waals surface area (Å²) in [7, 11) is 0. The van der Waals surface area contributed by atoms with Crippen LogP contribution in [0.4, 0.5) is 14.6 Å². The Morgan fingerprint density at radius 1 is 1.29 bits per heavy atom. The quantitative estimate of drug-likeness (QED) is 0.746. The maximum Gasteiger partial charge on any atom is 0.168 e. The van der Waals surface area contributed by atoms with Crippen molar-refractivity contribution in [1.82, 2.24) is 9.88 Å². The molecule has 1 N–H and O–H groups in total. The topological polar surface area (TPSA) is 28.2 Å². The molecule has 0 aromatic carbocycles. The first-order chi connectivity index (χ1) is 8.17. The lowest BCUT2D eigenvalue weighted by Crippen LogP contribution is -2.25. The van der Waals surface area contributed by atoms with Crippen LogP contribution in [0.1, 0.15) is 20.3 Å². The fourth-order valence-corrected chi connectivity index (χ4v) is 1.59. The van der Waals surface area contributed by atoms with Gasteiger partial charge in [0, 0.05) is 12.6 Å². The molecule has 0 unspecified atom stereocenters. The Kier molecular flexibility index (Phi) is 5.83. The maximum atomic E-state index is 13.2. The average Bonchev–Trinajstić information content (AvgIpc) is 2.32. The molecule has 0 bridgehead atoms. The number of rotatable bonds is 7. The van der Waals surface area contributed by atoms with E-state index in [1.54, 1.807) is 0 Å². The minimum atomic E-state index is -0.656. The standard InChI is InChI=1S/C12H19F2N3/c1-3-17(4-2)7-5-6-15-12-11(14)8-10(13)9-16-12/h8-9H,3-7H2,1-2H3,(H,15,16). The van der Waals surface area contributed by atoms with Crippen molar-refractivity contribution in [2.45, 2.75) is 20.3 Å². The van der Waals surface area contributed by atoms with E-state index in [-0.39, 0.29) is 5.82 Å². The third-order valence-corrected chi connectivity index (χ3v) is 2.65. The summed E-state index contributed by atoms with van der Waals surface area (Å²) < 4.78 is 25.8. The van der Waals surface area contributed by atoms with Gasteiger partial charge in [0.25, 0.3) is 0 Å². The van der Waals surface area contributed by atoms with Gasteiger partial charge in [0.1, 0.15) is 5.82 Å². The first-order valence-electron chi connectivity index (χ1n) is 5.94. The van der Waals surface area contributed by atoms with Crippen LogP contribution in [0.2, 0.25) is 0 Å². The number of anilines is 1. The zero-order valence-electron chi connectivity index (χ0n) is 10.3. The molecule has 0 aliphatic rings. The summed E-state index contributed by atoms with van der Waals surface area (Å²) in [6.07, 6.45) is 1.91. The lowest BCUT2D eigenvalue weighted by atomic mass is 10.3. The van der Waals surface area contributed by atoms with Crippen LogP contribution in [-0.2, 0) is 0 Å². The zero-order chi connectivity index (χ0) is 12.7. The van der Waals surface area contributed by atoms with E-state index in [4.69, 9.17) is 0 Å². The summed E-state index contributed by atoms with van der Waals surface area (Å²) in [4.78, 5) is 5.95. The average molecular weight is 243 g/mol. The van der Waals surface area contributed by atoms with Gasteiger partial charge in [0.2, 0.25) is 0 Å². The van der Waals surface area contributed by atoms with Crippen LogP contribution < -0.4 is 5.32 Å². The molecule has 1 rings (SSSR count). The number of pyridine rings is 1. The maximum absolute atomic E-state index is 13.2. The number of hydrogen-bond donors (Lipinski definition) is 1. The molecule has 1 heterocycles. The lowest BCUT2D eigenvalue weighted by Gasteiger charge is -2.17. The largest absolute Gasteiger partial charge is 0.368 e. The van der Waals surface area contributed by atoms with E-state index in [2.05, 4.69) is 29.0 Å². The number of nitrogens with zero attached hydrogens (tertiary/aromatic N) is 2. The van der Waals surface area contributed by atoms with Crippen molar-refractivity contribution in [3.05, 3.63) is 23.9 Å². The Hall–Kier alpha value is -1.23. The Bertz CT molecular complexity index is 341. The van der Waals surface area contributed by atoms with Crippen LogP contribution in [0.25, 0.3) is 0 Å². The van der Waals surface area contributed by atoms with Crippen molar-refractivity contribution in [3.63, 3.8) is 0 Å². The molecule has 0 radical (unpaired) electrons. The highest BCUT2D eigenvalue weighted by Gasteiger charge is 2.04. The summed E-state index contributed by atoms with van der Waals surface area (Å²) in [5, 5.41) is 2.86. The zero-order valence-corrected chi connectivity index (χ0v) is 10.3. The summed E-state index contributed by atoms with van der Waals surface area (Å²) in [6.45, 7) is 7.84. The first kappa shape index (κ1) is 13.8. The fraction of sp³-hybridized carbons (Fsp3) is 0.583. The number of aromatic nitrogens is 1. The van der Waals surface area contributed by atoms with Crippen LogP contribution in [-0.4, -0.2) is 36.1 Å². The molecular formula is C12H19F2N3. The number of hydrogen-bond acceptors (Lipinski definition) is 3. The van der Waals surface area contributed by atoms with Crippen LogP contribution in [0, 0.1) is 11.6 Å². The minimum absolute atomic E-state index is 0.117. The van der Waals surface area contributed by atoms with Gasteiger partial charge in [-0.1, -0.05) is 13.8 Å². The van der Waals surface area contributed by atoms with Gasteiger partial charge in [0.15, 0.2) is 11.6 Å². The predicted molar refractivity (Wildman–Crippen MR) is 65.0 cm³/mol. The molecule has 0 aliphatic carbocycles. The molecular weight excluding hydrogens is 224 g/mol. The monoisotopic (exact) mass is 243 g/mol. The number of nitrogens with one attached hydrogen (secondary N) is 1. The van der Waals surface area contributed by atoms with E-state index >= 15 is 0 Å². The van der Waals surface area contributed by atoms with Gasteiger partial charge in [-0.2, -0.15) is 0 Å². The van der Waals surface area contributed by atoms with E-state index in [1.165, 1.54) is 0 Å². The Morgan fingerprint density at radius 2 is 2.00 bits per heavy atom. The van der Waals surface area contributed by atoms with E-state index in [1.807, 2.05) is 0 Å². The van der Waals surface area contributed by atoms with Crippen LogP contribution >= 0.6 is 0 Å². The second kappa shape index (κ2) is 7.17. The van der Waals surface area contributed by atoms with Gasteiger partial charge >= 0.3 is 0 Å². The molecule has 0 fully saturated rings. The van der Waals surface area contributed by atoms with Gasteiger partial charge in [0.05, 0.1) is 6.20 Å². The smallest absolute Gasteiger partial charge is 0.168 e. The first-order valence-corrected chi connectivity index (χ1v) is 5.94. The molecule has 5 heteroatoms. The van der Waals surface area contributed by atoms with Crippen molar-refractivity contribution in [2.75, 3.05) is 31.5 Å². The second-order valence-electron chi connectivity index (χ2n) is 3.79. The van der Waals surface area contributed by atoms with E-state index < -0.39 is 11.6 Å². The molecule has 0 saturated heterocycles. The van der Waals surface area contributed by atoms with Crippen LogP contribution in [0.5, 0.6) is 0 Å². The summed E-state index contributed by atoms with van der Waals surface area (Å²) in [5.74, 6) is -1.19. The van der Waals surface area contributed by atoms with Gasteiger partial charge < -0.3 is 10.2 Å². The third kappa shape index (κ3) is 4.65. The Labute approximate surface area is 101 Å². The van der Waals surface area contributed by atoms with Crippen molar-refractivity contribution >= 4 is 5.82 Å². The van der Waals surface area contributed by atoms with Crippen molar-refractivity contribution < 1.29 is 8.78 Å². The normalized spacial score (nSPS) is 10.9. The lowest BCUT2D eigenvalue weighted by molar-refractivity contribution is 0.303. The SMILES string of the molecule is CCN(CC)CCCNc1ncc(F)cc1F. The highest BCUT2D eigenvalue weighted by Crippen LogP contribution is 2.10. The predicted octanol–water partition coefficient (Wildman–Crippen LogP) is 2.50. The second-order valence-corrected chi connectivity index (χ2v) is 3.79. The molecule has 0 saturated carbocycles. The molecule has 96 valence electrons. The van der Waals surface area contributed by atoms with Crippen molar-refractivity contribution in [2.24, 2.45) is 0 Å². The molecule has 1 aromatic rings. The van der Waals surface area contributed by atoms with Gasteiger partial charge in [-0.3, -0.25) is 0 Å². The molecule has 1 aromatic heterocycles. The van der Waals surface area contributed by atoms with Crippen molar-refractivity contribution in [1.29, 1.82) is 0 Å². The van der Waals surface area contributed by atoms with Crippen LogP contribution in [0.3, 0.4) is 0 Å². The molecule has 0 amide bonds. The highest BCUT2D eigenvalue weighted by atomic mass is 19.1. The third-order valence-electron chi connectivity index (χ3n) is 2.65. The molecule has 0 spiro atoms. The van der Waals surface area contributed by atoms with E-state index in [0.29, 0.717) is 6.54 Å². The van der Waals surface area contributed by atoms with Gasteiger partial charge in [-0.25, -0.2) is 13.8 Å². The summed E-state index contributed by atoms with van der Waals surface area (Å²) in [6, 6.07) is 0.833. The van der Waals surface area contributed by atoms with E-state index in [0.717, 1.165) is 38.3 Å². The highest BCUT2D eigenvalue weighted by molar-refractivity contribution is 5.35.